The molecule has 2 aromatic heterocycles. The zero-order valence-corrected chi connectivity index (χ0v) is 12.3. The minimum absolute atomic E-state index is 0.0862. The monoisotopic (exact) mass is 290 g/mol. The van der Waals surface area contributed by atoms with E-state index in [0.29, 0.717) is 32.0 Å². The second kappa shape index (κ2) is 7.69. The van der Waals surface area contributed by atoms with Gasteiger partial charge in [-0.1, -0.05) is 6.92 Å². The minimum atomic E-state index is 0.0862. The number of hydrogen-bond donors (Lipinski definition) is 1. The maximum atomic E-state index is 12.4. The van der Waals surface area contributed by atoms with Crippen molar-refractivity contribution in [1.82, 2.24) is 4.90 Å². The van der Waals surface area contributed by atoms with E-state index in [4.69, 9.17) is 14.6 Å². The molecule has 2 heterocycles. The van der Waals surface area contributed by atoms with E-state index in [2.05, 4.69) is 6.92 Å². The third kappa shape index (κ3) is 4.79. The van der Waals surface area contributed by atoms with Crippen LogP contribution < -0.4 is 5.73 Å². The molecule has 0 radical (unpaired) electrons. The summed E-state index contributed by atoms with van der Waals surface area (Å²) in [7, 11) is 0. The molecule has 5 heteroatoms. The zero-order valence-electron chi connectivity index (χ0n) is 12.3. The summed E-state index contributed by atoms with van der Waals surface area (Å²) < 4.78 is 10.7. The Morgan fingerprint density at radius 3 is 2.19 bits per heavy atom. The van der Waals surface area contributed by atoms with Gasteiger partial charge in [0, 0.05) is 6.42 Å². The maximum absolute atomic E-state index is 12.4. The van der Waals surface area contributed by atoms with Gasteiger partial charge in [0.15, 0.2) is 0 Å². The first-order valence-corrected chi connectivity index (χ1v) is 7.21. The molecule has 0 saturated carbocycles. The predicted octanol–water partition coefficient (Wildman–Crippen LogP) is 2.78. The lowest BCUT2D eigenvalue weighted by atomic mass is 10.1. The van der Waals surface area contributed by atoms with Gasteiger partial charge in [-0.05, 0) is 43.1 Å². The van der Waals surface area contributed by atoms with Crippen molar-refractivity contribution >= 4 is 5.91 Å². The Morgan fingerprint density at radius 2 is 1.76 bits per heavy atom. The molecule has 2 aromatic rings. The van der Waals surface area contributed by atoms with Gasteiger partial charge in [-0.2, -0.15) is 0 Å². The molecule has 0 fully saturated rings. The van der Waals surface area contributed by atoms with Gasteiger partial charge in [0.05, 0.1) is 25.6 Å². The quantitative estimate of drug-likeness (QED) is 0.811. The summed E-state index contributed by atoms with van der Waals surface area (Å²) in [5.41, 5.74) is 5.60. The smallest absolute Gasteiger partial charge is 0.223 e. The van der Waals surface area contributed by atoms with Crippen LogP contribution in [0.4, 0.5) is 0 Å². The number of nitrogens with zero attached hydrogens (tertiary/aromatic N) is 1. The van der Waals surface area contributed by atoms with Crippen LogP contribution >= 0.6 is 0 Å². The molecule has 0 aliphatic rings. The summed E-state index contributed by atoms with van der Waals surface area (Å²) in [6, 6.07) is 7.37. The van der Waals surface area contributed by atoms with Crippen LogP contribution in [0.5, 0.6) is 0 Å². The summed E-state index contributed by atoms with van der Waals surface area (Å²) in [4.78, 5) is 14.2. The molecule has 2 rings (SSSR count). The minimum Gasteiger partial charge on any atom is -0.467 e. The summed E-state index contributed by atoms with van der Waals surface area (Å²) in [6.07, 6.45) is 4.50. The molecule has 5 nitrogen and oxygen atoms in total. The highest BCUT2D eigenvalue weighted by molar-refractivity contribution is 5.76. The summed E-state index contributed by atoms with van der Waals surface area (Å²) in [5, 5.41) is 0. The van der Waals surface area contributed by atoms with Gasteiger partial charge in [0.25, 0.3) is 0 Å². The van der Waals surface area contributed by atoms with E-state index in [9.17, 15) is 4.79 Å². The lowest BCUT2D eigenvalue weighted by Gasteiger charge is -2.21. The lowest BCUT2D eigenvalue weighted by Crippen LogP contribution is -2.30. The van der Waals surface area contributed by atoms with E-state index in [1.54, 1.807) is 17.4 Å². The fraction of sp³-hybridized carbons (Fsp3) is 0.438. The Morgan fingerprint density at radius 1 is 1.19 bits per heavy atom. The topological polar surface area (TPSA) is 72.6 Å². The SMILES string of the molecule is CC(CN)CCC(=O)N(Cc1ccco1)Cc1ccco1. The molecular weight excluding hydrogens is 268 g/mol. The van der Waals surface area contributed by atoms with Crippen molar-refractivity contribution < 1.29 is 13.6 Å². The molecule has 0 aliphatic carbocycles. The summed E-state index contributed by atoms with van der Waals surface area (Å²) >= 11 is 0. The van der Waals surface area contributed by atoms with Crippen LogP contribution in [-0.4, -0.2) is 17.4 Å². The van der Waals surface area contributed by atoms with E-state index in [0.717, 1.165) is 17.9 Å². The molecule has 1 unspecified atom stereocenters. The van der Waals surface area contributed by atoms with Gasteiger partial charge >= 0.3 is 0 Å². The number of hydrogen-bond acceptors (Lipinski definition) is 4. The van der Waals surface area contributed by atoms with Gasteiger partial charge in [0.2, 0.25) is 5.91 Å². The molecular formula is C16H22N2O3. The fourth-order valence-electron chi connectivity index (χ4n) is 2.06. The van der Waals surface area contributed by atoms with Crippen LogP contribution in [0, 0.1) is 5.92 Å². The molecule has 0 spiro atoms. The van der Waals surface area contributed by atoms with Gasteiger partial charge in [-0.3, -0.25) is 4.79 Å². The first-order chi connectivity index (χ1) is 10.2. The fourth-order valence-corrected chi connectivity index (χ4v) is 2.06. The van der Waals surface area contributed by atoms with Crippen molar-refractivity contribution in [3.63, 3.8) is 0 Å². The molecule has 21 heavy (non-hydrogen) atoms. The number of carbonyl (C=O) groups excluding carboxylic acids is 1. The van der Waals surface area contributed by atoms with Crippen molar-refractivity contribution in [2.75, 3.05) is 6.54 Å². The Kier molecular flexibility index (Phi) is 5.63. The Balaban J connectivity index is 1.98. The molecule has 2 N–H and O–H groups in total. The number of amides is 1. The van der Waals surface area contributed by atoms with Crippen molar-refractivity contribution in [1.29, 1.82) is 0 Å². The van der Waals surface area contributed by atoms with Gasteiger partial charge < -0.3 is 19.5 Å². The largest absolute Gasteiger partial charge is 0.467 e. The van der Waals surface area contributed by atoms with E-state index in [1.165, 1.54) is 0 Å². The van der Waals surface area contributed by atoms with E-state index >= 15 is 0 Å². The lowest BCUT2D eigenvalue weighted by molar-refractivity contribution is -0.133. The van der Waals surface area contributed by atoms with Crippen LogP contribution in [0.1, 0.15) is 31.3 Å². The van der Waals surface area contributed by atoms with Crippen LogP contribution in [0.15, 0.2) is 45.6 Å². The number of nitrogens with two attached hydrogens (primary N) is 1. The maximum Gasteiger partial charge on any atom is 0.223 e. The highest BCUT2D eigenvalue weighted by atomic mass is 16.3. The highest BCUT2D eigenvalue weighted by Crippen LogP contribution is 2.14. The van der Waals surface area contributed by atoms with E-state index in [-0.39, 0.29) is 5.91 Å². The molecule has 1 atom stereocenters. The standard InChI is InChI=1S/C16H22N2O3/c1-13(10-17)6-7-16(19)18(11-14-4-2-8-20-14)12-15-5-3-9-21-15/h2-5,8-9,13H,6-7,10-12,17H2,1H3. The molecule has 0 aliphatic heterocycles. The second-order valence-electron chi connectivity index (χ2n) is 5.29. The van der Waals surface area contributed by atoms with Gasteiger partial charge in [-0.25, -0.2) is 0 Å². The molecule has 1 amide bonds. The van der Waals surface area contributed by atoms with Crippen molar-refractivity contribution in [3.8, 4) is 0 Å². The highest BCUT2D eigenvalue weighted by Gasteiger charge is 2.17. The van der Waals surface area contributed by atoms with Crippen molar-refractivity contribution in [3.05, 3.63) is 48.3 Å². The summed E-state index contributed by atoms with van der Waals surface area (Å²) in [6.45, 7) is 3.55. The van der Waals surface area contributed by atoms with Crippen LogP contribution in [0.3, 0.4) is 0 Å². The third-order valence-corrected chi connectivity index (χ3v) is 3.46. The van der Waals surface area contributed by atoms with E-state index < -0.39 is 0 Å². The number of rotatable bonds is 8. The first-order valence-electron chi connectivity index (χ1n) is 7.21. The average molecular weight is 290 g/mol. The molecule has 0 aromatic carbocycles. The number of carbonyl (C=O) groups is 1. The van der Waals surface area contributed by atoms with Gasteiger partial charge in [0.1, 0.15) is 11.5 Å². The molecule has 114 valence electrons. The average Bonchev–Trinajstić information content (AvgIpc) is 3.17. The van der Waals surface area contributed by atoms with Crippen molar-refractivity contribution in [2.24, 2.45) is 11.7 Å². The predicted molar refractivity (Wildman–Crippen MR) is 79.1 cm³/mol. The summed E-state index contributed by atoms with van der Waals surface area (Å²) in [5.74, 6) is 1.97. The Labute approximate surface area is 124 Å². The molecule has 0 bridgehead atoms. The van der Waals surface area contributed by atoms with Crippen LogP contribution in [0.25, 0.3) is 0 Å². The normalized spacial score (nSPS) is 12.3. The van der Waals surface area contributed by atoms with Crippen molar-refractivity contribution in [2.45, 2.75) is 32.9 Å². The van der Waals surface area contributed by atoms with Crippen LogP contribution in [-0.2, 0) is 17.9 Å². The Hall–Kier alpha value is -2.01. The zero-order chi connectivity index (χ0) is 15.1. The second-order valence-corrected chi connectivity index (χ2v) is 5.29. The van der Waals surface area contributed by atoms with Crippen LogP contribution in [0.2, 0.25) is 0 Å². The first kappa shape index (κ1) is 15.4. The Bertz CT molecular complexity index is 483. The third-order valence-electron chi connectivity index (χ3n) is 3.46. The number of furan rings is 2. The van der Waals surface area contributed by atoms with Gasteiger partial charge in [-0.15, -0.1) is 0 Å². The van der Waals surface area contributed by atoms with E-state index in [1.807, 2.05) is 24.3 Å². The molecule has 0 saturated heterocycles.